The molecule has 0 atom stereocenters. The molecule has 2 aliphatic heterocycles. The van der Waals surface area contributed by atoms with Gasteiger partial charge in [0.2, 0.25) is 0 Å². The van der Waals surface area contributed by atoms with E-state index < -0.39 is 0 Å². The predicted octanol–water partition coefficient (Wildman–Crippen LogP) is 5.89. The van der Waals surface area contributed by atoms with E-state index in [4.69, 9.17) is 0 Å². The fraction of sp³-hybridized carbons (Fsp3) is 0.457. The molecule has 2 aromatic rings. The fourth-order valence-corrected chi connectivity index (χ4v) is 6.66. The third-order valence-corrected chi connectivity index (χ3v) is 8.62. The van der Waals surface area contributed by atoms with Crippen molar-refractivity contribution in [2.45, 2.75) is 107 Å². The van der Waals surface area contributed by atoms with E-state index in [0.29, 0.717) is 6.42 Å². The van der Waals surface area contributed by atoms with Crippen LogP contribution in [0, 0.1) is 0 Å². The number of nitrogens with one attached hydrogen (secondary N) is 3. The highest BCUT2D eigenvalue weighted by Crippen LogP contribution is 2.30. The summed E-state index contributed by atoms with van der Waals surface area (Å²) in [6, 6.07) is 0. The van der Waals surface area contributed by atoms with Gasteiger partial charge >= 0.3 is 0 Å². The average Bonchev–Trinajstić information content (AvgIpc) is 3.67. The summed E-state index contributed by atoms with van der Waals surface area (Å²) in [6.45, 7) is 17.0. The summed E-state index contributed by atoms with van der Waals surface area (Å²) in [5.74, 6) is -0.0701. The van der Waals surface area contributed by atoms with Crippen molar-refractivity contribution >= 4 is 35.8 Å². The summed E-state index contributed by atoms with van der Waals surface area (Å²) in [5, 5.41) is 5.23. The third-order valence-electron chi connectivity index (χ3n) is 8.62. The Balaban J connectivity index is 1.89. The van der Waals surface area contributed by atoms with E-state index in [1.807, 2.05) is 13.8 Å². The van der Waals surface area contributed by atoms with E-state index in [1.165, 1.54) is 22.3 Å². The van der Waals surface area contributed by atoms with Crippen molar-refractivity contribution in [2.75, 3.05) is 0 Å². The van der Waals surface area contributed by atoms with Gasteiger partial charge in [0.1, 0.15) is 0 Å². The summed E-state index contributed by atoms with van der Waals surface area (Å²) in [5.41, 5.74) is 12.9. The maximum Gasteiger partial charge on any atom is 0.273 e. The van der Waals surface area contributed by atoms with Gasteiger partial charge in [-0.2, -0.15) is 0 Å². The molecule has 0 fully saturated rings. The van der Waals surface area contributed by atoms with Crippen LogP contribution in [0.2, 0.25) is 0 Å². The molecule has 0 aromatic carbocycles. The number of H-pyrrole nitrogens is 2. The zero-order valence-corrected chi connectivity index (χ0v) is 26.2. The zero-order chi connectivity index (χ0) is 29.8. The highest BCUT2D eigenvalue weighted by atomic mass is 16.2. The average molecular weight is 555 g/mol. The second kappa shape index (κ2) is 12.9. The molecule has 3 N–H and O–H groups in total. The van der Waals surface area contributed by atoms with E-state index in [0.717, 1.165) is 101 Å². The third kappa shape index (κ3) is 5.49. The number of carbonyl (C=O) groups excluding carboxylic acids is 2. The summed E-state index contributed by atoms with van der Waals surface area (Å²) >= 11 is 0. The summed E-state index contributed by atoms with van der Waals surface area (Å²) < 4.78 is 0. The fourth-order valence-electron chi connectivity index (χ4n) is 6.66. The quantitative estimate of drug-likeness (QED) is 0.323. The SMILES string of the molecule is CCC1=C(CC)C(/C=c2\[nH]/c(=C\c3[nH]c(/C=C4/NC(=O)C(CC)=C4CC)c(CC)c3CC)c(CC)c2CC)=NC1=O. The Morgan fingerprint density at radius 2 is 1.05 bits per heavy atom. The lowest BCUT2D eigenvalue weighted by Gasteiger charge is -2.05. The normalized spacial score (nSPS) is 17.7. The molecule has 41 heavy (non-hydrogen) atoms. The first-order valence-corrected chi connectivity index (χ1v) is 15.6. The molecule has 0 saturated carbocycles. The van der Waals surface area contributed by atoms with E-state index in [9.17, 15) is 9.59 Å². The zero-order valence-electron chi connectivity index (χ0n) is 26.2. The topological polar surface area (TPSA) is 90.1 Å². The molecule has 0 bridgehead atoms. The number of aromatic nitrogens is 2. The van der Waals surface area contributed by atoms with Gasteiger partial charge in [0.25, 0.3) is 11.8 Å². The molecular formula is C35H46N4O2. The molecule has 0 aliphatic carbocycles. The molecule has 4 heterocycles. The second-order valence-electron chi connectivity index (χ2n) is 10.7. The molecule has 0 saturated heterocycles. The Bertz CT molecular complexity index is 1620. The molecule has 6 nitrogen and oxygen atoms in total. The first-order chi connectivity index (χ1) is 19.8. The highest BCUT2D eigenvalue weighted by molar-refractivity contribution is 6.31. The number of nitrogens with zero attached hydrogens (tertiary/aromatic N) is 1. The van der Waals surface area contributed by atoms with Crippen LogP contribution < -0.4 is 16.0 Å². The van der Waals surface area contributed by atoms with Gasteiger partial charge in [-0.05, 0) is 103 Å². The Morgan fingerprint density at radius 3 is 1.56 bits per heavy atom. The molecule has 2 aromatic heterocycles. The number of hydrogen-bond acceptors (Lipinski definition) is 2. The van der Waals surface area contributed by atoms with E-state index in [-0.39, 0.29) is 11.8 Å². The van der Waals surface area contributed by atoms with Crippen LogP contribution in [0.15, 0.2) is 33.0 Å². The van der Waals surface area contributed by atoms with Crippen molar-refractivity contribution in [1.29, 1.82) is 0 Å². The van der Waals surface area contributed by atoms with Gasteiger partial charge in [0, 0.05) is 38.9 Å². The Hall–Kier alpha value is -3.67. The maximum atomic E-state index is 12.6. The Morgan fingerprint density at radius 1 is 0.537 bits per heavy atom. The van der Waals surface area contributed by atoms with E-state index in [1.54, 1.807) is 0 Å². The van der Waals surface area contributed by atoms with Crippen LogP contribution in [0.1, 0.15) is 115 Å². The number of aliphatic imine (C=N–C) groups is 1. The van der Waals surface area contributed by atoms with Crippen molar-refractivity contribution in [3.8, 4) is 0 Å². The smallest absolute Gasteiger partial charge is 0.273 e. The number of allylic oxidation sites excluding steroid dienone is 2. The molecule has 4 rings (SSSR count). The lowest BCUT2D eigenvalue weighted by atomic mass is 10.00. The van der Waals surface area contributed by atoms with Crippen molar-refractivity contribution < 1.29 is 9.59 Å². The van der Waals surface area contributed by atoms with Gasteiger partial charge in [-0.3, -0.25) is 9.59 Å². The van der Waals surface area contributed by atoms with Gasteiger partial charge in [-0.25, -0.2) is 4.99 Å². The summed E-state index contributed by atoms with van der Waals surface area (Å²) in [6.07, 6.45) is 13.1. The molecular weight excluding hydrogens is 508 g/mol. The lowest BCUT2D eigenvalue weighted by molar-refractivity contribution is -0.116. The highest BCUT2D eigenvalue weighted by Gasteiger charge is 2.26. The molecule has 0 radical (unpaired) electrons. The summed E-state index contributed by atoms with van der Waals surface area (Å²) in [7, 11) is 0. The molecule has 0 spiro atoms. The standard InChI is InChI=1S/C35H46N4O2/c1-9-20-22(11-3)30(18-32-24(13-5)26(15-7)34(40)38-32)36-28(20)17-29-21(10-2)23(12-4)31(37-29)19-33-25(14-6)27(16-8)35(41)39-33/h17-19,36-37H,9-16H2,1-8H3,(H,38,40)/b29-17-,31-19-,32-18+. The van der Waals surface area contributed by atoms with Crippen LogP contribution in [0.4, 0.5) is 0 Å². The van der Waals surface area contributed by atoms with Gasteiger partial charge in [-0.1, -0.05) is 55.4 Å². The summed E-state index contributed by atoms with van der Waals surface area (Å²) in [4.78, 5) is 36.9. The van der Waals surface area contributed by atoms with Crippen LogP contribution in [0.3, 0.4) is 0 Å². The lowest BCUT2D eigenvalue weighted by Crippen LogP contribution is -2.16. The largest absolute Gasteiger partial charge is 0.355 e. The van der Waals surface area contributed by atoms with Gasteiger partial charge in [0.05, 0.1) is 5.71 Å². The number of hydrogen-bond donors (Lipinski definition) is 3. The molecule has 2 amide bonds. The predicted molar refractivity (Wildman–Crippen MR) is 170 cm³/mol. The van der Waals surface area contributed by atoms with Crippen molar-refractivity contribution in [1.82, 2.24) is 15.3 Å². The first kappa shape index (κ1) is 30.3. The Kier molecular flexibility index (Phi) is 9.52. The van der Waals surface area contributed by atoms with Crippen LogP contribution in [-0.2, 0) is 35.3 Å². The molecule has 2 aliphatic rings. The van der Waals surface area contributed by atoms with Gasteiger partial charge in [0.15, 0.2) is 0 Å². The van der Waals surface area contributed by atoms with Crippen LogP contribution >= 0.6 is 0 Å². The molecule has 6 heteroatoms. The number of aromatic amines is 2. The number of amides is 2. The van der Waals surface area contributed by atoms with Crippen LogP contribution in [0.25, 0.3) is 18.2 Å². The first-order valence-electron chi connectivity index (χ1n) is 15.6. The molecule has 0 unspecified atom stereocenters. The van der Waals surface area contributed by atoms with Gasteiger partial charge in [-0.15, -0.1) is 0 Å². The van der Waals surface area contributed by atoms with Gasteiger partial charge < -0.3 is 15.3 Å². The Labute approximate surface area is 244 Å². The maximum absolute atomic E-state index is 12.6. The monoisotopic (exact) mass is 554 g/mol. The van der Waals surface area contributed by atoms with Crippen molar-refractivity contribution in [2.24, 2.45) is 4.99 Å². The minimum absolute atomic E-state index is 0.0262. The van der Waals surface area contributed by atoms with Crippen molar-refractivity contribution in [3.05, 3.63) is 72.3 Å². The van der Waals surface area contributed by atoms with Crippen molar-refractivity contribution in [3.63, 3.8) is 0 Å². The number of carbonyl (C=O) groups is 2. The minimum atomic E-state index is -0.0963. The number of rotatable bonds is 11. The van der Waals surface area contributed by atoms with Crippen LogP contribution in [-0.4, -0.2) is 27.5 Å². The van der Waals surface area contributed by atoms with Crippen LogP contribution in [0.5, 0.6) is 0 Å². The molecule has 218 valence electrons. The van der Waals surface area contributed by atoms with E-state index in [2.05, 4.69) is 80.0 Å². The second-order valence-corrected chi connectivity index (χ2v) is 10.7. The van der Waals surface area contributed by atoms with E-state index >= 15 is 0 Å². The minimum Gasteiger partial charge on any atom is -0.355 e.